The highest BCUT2D eigenvalue weighted by Crippen LogP contribution is 2.52. The SMILES string of the molecule is c1ccc(-c2nc(-c3ccccc3)nc(-c3cccc(-c4ccccc4-c4ccccc4N4c5ccccc5Oc5ccccc54)c3)n2)cc1. The van der Waals surface area contributed by atoms with Gasteiger partial charge in [-0.2, -0.15) is 0 Å². The van der Waals surface area contributed by atoms with E-state index >= 15 is 0 Å². The quantitative estimate of drug-likeness (QED) is 0.181. The summed E-state index contributed by atoms with van der Waals surface area (Å²) < 4.78 is 6.34. The summed E-state index contributed by atoms with van der Waals surface area (Å²) in [7, 11) is 0. The standard InChI is InChI=1S/C45H30N4O/c1-3-16-31(17-4-1)43-46-44(32-18-5-2-6-19-32)48-45(47-43)34-21-15-20-33(30-34)35-22-7-8-23-36(35)37-24-9-10-25-38(37)49-39-26-11-13-28-41(39)50-42-29-14-12-27-40(42)49/h1-30H. The molecule has 0 bridgehead atoms. The molecule has 50 heavy (non-hydrogen) atoms. The second kappa shape index (κ2) is 12.6. The number of benzene rings is 7. The van der Waals surface area contributed by atoms with Gasteiger partial charge < -0.3 is 9.64 Å². The lowest BCUT2D eigenvalue weighted by Crippen LogP contribution is -2.16. The fraction of sp³-hybridized carbons (Fsp3) is 0. The van der Waals surface area contributed by atoms with E-state index in [0.29, 0.717) is 17.5 Å². The van der Waals surface area contributed by atoms with Crippen LogP contribution in [0.25, 0.3) is 56.4 Å². The van der Waals surface area contributed by atoms with Gasteiger partial charge in [0.25, 0.3) is 0 Å². The highest BCUT2D eigenvalue weighted by Gasteiger charge is 2.27. The van der Waals surface area contributed by atoms with Crippen LogP contribution in [0.4, 0.5) is 17.1 Å². The largest absolute Gasteiger partial charge is 0.453 e. The number of ether oxygens (including phenoxy) is 1. The minimum atomic E-state index is 0.624. The van der Waals surface area contributed by atoms with E-state index in [9.17, 15) is 0 Å². The van der Waals surface area contributed by atoms with Crippen molar-refractivity contribution in [3.63, 3.8) is 0 Å². The fourth-order valence-corrected chi connectivity index (χ4v) is 6.59. The Balaban J connectivity index is 1.18. The summed E-state index contributed by atoms with van der Waals surface area (Å²) in [6.07, 6.45) is 0. The molecule has 9 rings (SSSR count). The zero-order valence-electron chi connectivity index (χ0n) is 27.0. The summed E-state index contributed by atoms with van der Waals surface area (Å²) in [5.41, 5.74) is 10.3. The molecule has 1 aliphatic rings. The second-order valence-electron chi connectivity index (χ2n) is 12.1. The maximum absolute atomic E-state index is 6.34. The van der Waals surface area contributed by atoms with Crippen molar-refractivity contribution in [2.75, 3.05) is 4.90 Å². The number of nitrogens with zero attached hydrogens (tertiary/aromatic N) is 4. The van der Waals surface area contributed by atoms with Crippen LogP contribution in [0, 0.1) is 0 Å². The lowest BCUT2D eigenvalue weighted by Gasteiger charge is -2.34. The number of fused-ring (bicyclic) bond motifs is 2. The van der Waals surface area contributed by atoms with Gasteiger partial charge in [-0.3, -0.25) is 0 Å². The third-order valence-corrected chi connectivity index (χ3v) is 8.93. The number of hydrogen-bond acceptors (Lipinski definition) is 5. The Bertz CT molecular complexity index is 2380. The second-order valence-corrected chi connectivity index (χ2v) is 12.1. The zero-order valence-corrected chi connectivity index (χ0v) is 27.0. The van der Waals surface area contributed by atoms with Crippen LogP contribution in [0.5, 0.6) is 11.5 Å². The van der Waals surface area contributed by atoms with E-state index in [4.69, 9.17) is 19.7 Å². The van der Waals surface area contributed by atoms with E-state index in [0.717, 1.165) is 67.5 Å². The van der Waals surface area contributed by atoms with Crippen LogP contribution < -0.4 is 9.64 Å². The molecule has 2 heterocycles. The Morgan fingerprint density at radius 3 is 1.34 bits per heavy atom. The normalized spacial score (nSPS) is 11.7. The van der Waals surface area contributed by atoms with Gasteiger partial charge in [-0.15, -0.1) is 0 Å². The van der Waals surface area contributed by atoms with Gasteiger partial charge in [-0.1, -0.05) is 146 Å². The molecule has 0 amide bonds. The van der Waals surface area contributed by atoms with E-state index in [1.807, 2.05) is 84.9 Å². The molecule has 236 valence electrons. The van der Waals surface area contributed by atoms with E-state index in [-0.39, 0.29) is 0 Å². The van der Waals surface area contributed by atoms with Crippen molar-refractivity contribution in [1.82, 2.24) is 15.0 Å². The van der Waals surface area contributed by atoms with Gasteiger partial charge in [-0.05, 0) is 53.1 Å². The van der Waals surface area contributed by atoms with Gasteiger partial charge in [0.1, 0.15) is 0 Å². The third-order valence-electron chi connectivity index (χ3n) is 8.93. The first-order chi connectivity index (χ1) is 24.8. The number of para-hydroxylation sites is 5. The third kappa shape index (κ3) is 5.37. The Morgan fingerprint density at radius 1 is 0.320 bits per heavy atom. The Hall–Kier alpha value is -6.85. The van der Waals surface area contributed by atoms with Crippen LogP contribution in [-0.2, 0) is 0 Å². The van der Waals surface area contributed by atoms with Crippen molar-refractivity contribution >= 4 is 17.1 Å². The molecule has 0 saturated carbocycles. The van der Waals surface area contributed by atoms with Crippen molar-refractivity contribution in [3.05, 3.63) is 182 Å². The molecule has 0 saturated heterocycles. The summed E-state index contributed by atoms with van der Waals surface area (Å²) >= 11 is 0. The molecule has 0 atom stereocenters. The molecule has 0 fully saturated rings. The highest BCUT2D eigenvalue weighted by atomic mass is 16.5. The van der Waals surface area contributed by atoms with Crippen LogP contribution in [0.1, 0.15) is 0 Å². The highest BCUT2D eigenvalue weighted by molar-refractivity contribution is 5.96. The van der Waals surface area contributed by atoms with Crippen LogP contribution in [0.2, 0.25) is 0 Å². The Kier molecular flexibility index (Phi) is 7.41. The molecule has 0 spiro atoms. The van der Waals surface area contributed by atoms with Gasteiger partial charge in [0.05, 0.1) is 17.1 Å². The molecule has 0 N–H and O–H groups in total. The predicted molar refractivity (Wildman–Crippen MR) is 202 cm³/mol. The molecule has 0 unspecified atom stereocenters. The number of rotatable bonds is 6. The lowest BCUT2D eigenvalue weighted by atomic mass is 9.92. The number of anilines is 3. The summed E-state index contributed by atoms with van der Waals surface area (Å²) in [6, 6.07) is 62.2. The van der Waals surface area contributed by atoms with Gasteiger partial charge in [0.2, 0.25) is 0 Å². The van der Waals surface area contributed by atoms with E-state index in [1.165, 1.54) is 0 Å². The fourth-order valence-electron chi connectivity index (χ4n) is 6.59. The monoisotopic (exact) mass is 642 g/mol. The van der Waals surface area contributed by atoms with Crippen molar-refractivity contribution in [3.8, 4) is 67.9 Å². The van der Waals surface area contributed by atoms with E-state index < -0.39 is 0 Å². The van der Waals surface area contributed by atoms with Gasteiger partial charge >= 0.3 is 0 Å². The van der Waals surface area contributed by atoms with Crippen LogP contribution in [0.3, 0.4) is 0 Å². The minimum absolute atomic E-state index is 0.624. The van der Waals surface area contributed by atoms with Gasteiger partial charge in [0, 0.05) is 22.3 Å². The van der Waals surface area contributed by atoms with Gasteiger partial charge in [0.15, 0.2) is 29.0 Å². The van der Waals surface area contributed by atoms with E-state index in [1.54, 1.807) is 0 Å². The molecule has 1 aromatic heterocycles. The molecule has 7 aromatic carbocycles. The lowest BCUT2D eigenvalue weighted by molar-refractivity contribution is 0.477. The first-order valence-corrected chi connectivity index (χ1v) is 16.6. The zero-order chi connectivity index (χ0) is 33.3. The molecule has 5 heteroatoms. The topological polar surface area (TPSA) is 51.1 Å². The molecule has 1 aliphatic heterocycles. The summed E-state index contributed by atoms with van der Waals surface area (Å²) in [5.74, 6) is 3.55. The summed E-state index contributed by atoms with van der Waals surface area (Å²) in [4.78, 5) is 17.2. The Labute approximate surface area is 290 Å². The molecule has 0 radical (unpaired) electrons. The van der Waals surface area contributed by atoms with Gasteiger partial charge in [-0.25, -0.2) is 15.0 Å². The summed E-state index contributed by atoms with van der Waals surface area (Å²) in [5, 5.41) is 0. The molecule has 8 aromatic rings. The Morgan fingerprint density at radius 2 is 0.740 bits per heavy atom. The van der Waals surface area contributed by atoms with Crippen LogP contribution in [-0.4, -0.2) is 15.0 Å². The average Bonchev–Trinajstić information content (AvgIpc) is 3.20. The van der Waals surface area contributed by atoms with Crippen molar-refractivity contribution < 1.29 is 4.74 Å². The average molecular weight is 643 g/mol. The molecular weight excluding hydrogens is 613 g/mol. The smallest absolute Gasteiger partial charge is 0.164 e. The maximum atomic E-state index is 6.34. The summed E-state index contributed by atoms with van der Waals surface area (Å²) in [6.45, 7) is 0. The first-order valence-electron chi connectivity index (χ1n) is 16.6. The predicted octanol–water partition coefficient (Wildman–Crippen LogP) is 11.8. The molecular formula is C45H30N4O. The van der Waals surface area contributed by atoms with E-state index in [2.05, 4.69) is 102 Å². The maximum Gasteiger partial charge on any atom is 0.164 e. The van der Waals surface area contributed by atoms with Crippen LogP contribution in [0.15, 0.2) is 182 Å². The van der Waals surface area contributed by atoms with Crippen molar-refractivity contribution in [1.29, 1.82) is 0 Å². The van der Waals surface area contributed by atoms with Crippen LogP contribution >= 0.6 is 0 Å². The number of aromatic nitrogens is 3. The first kappa shape index (κ1) is 29.3. The minimum Gasteiger partial charge on any atom is -0.453 e. The number of hydrogen-bond donors (Lipinski definition) is 0. The van der Waals surface area contributed by atoms with Crippen molar-refractivity contribution in [2.24, 2.45) is 0 Å². The molecule has 0 aliphatic carbocycles. The molecule has 5 nitrogen and oxygen atoms in total. The van der Waals surface area contributed by atoms with Crippen molar-refractivity contribution in [2.45, 2.75) is 0 Å².